The second-order valence-electron chi connectivity index (χ2n) is 8.34. The van der Waals surface area contributed by atoms with Crippen LogP contribution in [-0.2, 0) is 9.59 Å². The summed E-state index contributed by atoms with van der Waals surface area (Å²) in [6.45, 7) is 2.38. The lowest BCUT2D eigenvalue weighted by Crippen LogP contribution is -2.28. The largest absolute Gasteiger partial charge is 0.457 e. The summed E-state index contributed by atoms with van der Waals surface area (Å²) >= 11 is 0. The van der Waals surface area contributed by atoms with E-state index in [-0.39, 0.29) is 18.2 Å². The third-order valence-corrected chi connectivity index (χ3v) is 5.90. The molecule has 33 heavy (non-hydrogen) atoms. The number of rotatable bonds is 5. The average molecular weight is 437 g/mol. The number of aryl methyl sites for hydroxylation is 1. The number of hydrogen-bond donors (Lipinski definition) is 1. The van der Waals surface area contributed by atoms with Crippen molar-refractivity contribution >= 4 is 34.0 Å². The summed E-state index contributed by atoms with van der Waals surface area (Å²) in [5.74, 6) is 0.869. The summed E-state index contributed by atoms with van der Waals surface area (Å²) in [4.78, 5) is 27.4. The van der Waals surface area contributed by atoms with Crippen molar-refractivity contribution in [3.8, 4) is 11.5 Å². The van der Waals surface area contributed by atoms with E-state index in [1.165, 1.54) is 0 Å². The van der Waals surface area contributed by atoms with Gasteiger partial charge >= 0.3 is 0 Å². The molecule has 0 spiro atoms. The highest BCUT2D eigenvalue weighted by Gasteiger charge is 2.35. The Morgan fingerprint density at radius 2 is 1.67 bits per heavy atom. The molecule has 5 rings (SSSR count). The Bertz CT molecular complexity index is 1330. The first-order chi connectivity index (χ1) is 16.1. The first kappa shape index (κ1) is 20.8. The average Bonchev–Trinajstić information content (AvgIpc) is 3.21. The van der Waals surface area contributed by atoms with Crippen LogP contribution in [0.15, 0.2) is 91.0 Å². The highest BCUT2D eigenvalue weighted by Crippen LogP contribution is 2.32. The van der Waals surface area contributed by atoms with E-state index < -0.39 is 5.92 Å². The van der Waals surface area contributed by atoms with Gasteiger partial charge in [-0.25, -0.2) is 0 Å². The van der Waals surface area contributed by atoms with Crippen molar-refractivity contribution in [1.82, 2.24) is 0 Å². The molecule has 164 valence electrons. The predicted molar refractivity (Wildman–Crippen MR) is 131 cm³/mol. The van der Waals surface area contributed by atoms with Gasteiger partial charge in [-0.1, -0.05) is 48.5 Å². The van der Waals surface area contributed by atoms with Crippen LogP contribution in [0.5, 0.6) is 11.5 Å². The quantitative estimate of drug-likeness (QED) is 0.422. The summed E-state index contributed by atoms with van der Waals surface area (Å²) in [6, 6.07) is 29.0. The van der Waals surface area contributed by atoms with Gasteiger partial charge in [0.05, 0.1) is 11.6 Å². The lowest BCUT2D eigenvalue weighted by molar-refractivity contribution is -0.122. The van der Waals surface area contributed by atoms with Crippen LogP contribution in [0.4, 0.5) is 11.4 Å². The van der Waals surface area contributed by atoms with Crippen LogP contribution in [0.25, 0.3) is 10.8 Å². The fourth-order valence-corrected chi connectivity index (χ4v) is 4.23. The van der Waals surface area contributed by atoms with Crippen molar-refractivity contribution < 1.29 is 14.3 Å². The number of ether oxygens (including phenoxy) is 1. The number of nitrogens with one attached hydrogen (secondary N) is 1. The number of carbonyl (C=O) groups is 2. The first-order valence-electron chi connectivity index (χ1n) is 11.0. The maximum atomic E-state index is 12.9. The van der Waals surface area contributed by atoms with Crippen LogP contribution in [0, 0.1) is 12.8 Å². The van der Waals surface area contributed by atoms with Crippen LogP contribution < -0.4 is 15.0 Å². The number of hydrogen-bond acceptors (Lipinski definition) is 3. The minimum absolute atomic E-state index is 0.0339. The minimum atomic E-state index is -0.403. The second kappa shape index (κ2) is 8.79. The fourth-order valence-electron chi connectivity index (χ4n) is 4.23. The van der Waals surface area contributed by atoms with Gasteiger partial charge in [-0.3, -0.25) is 9.59 Å². The van der Waals surface area contributed by atoms with Crippen molar-refractivity contribution in [2.24, 2.45) is 5.92 Å². The number of carbonyl (C=O) groups excluding carboxylic acids is 2. The van der Waals surface area contributed by atoms with Crippen molar-refractivity contribution in [3.05, 3.63) is 96.6 Å². The van der Waals surface area contributed by atoms with E-state index in [1.54, 1.807) is 4.90 Å². The molecule has 1 aliphatic heterocycles. The molecule has 1 fully saturated rings. The summed E-state index contributed by atoms with van der Waals surface area (Å²) in [5, 5.41) is 5.03. The lowest BCUT2D eigenvalue weighted by Gasteiger charge is -2.19. The standard InChI is InChI=1S/C28H24N2O3/c1-19-6-4-9-24(16-19)33-23-14-12-22(13-15-23)29-28(32)21-17-27(31)30(18-21)26-11-5-8-20-7-2-3-10-25(20)26/h2-16,21H,17-18H2,1H3,(H,29,32)/t21-/m1/s1. The van der Waals surface area contributed by atoms with E-state index in [9.17, 15) is 9.59 Å². The Morgan fingerprint density at radius 3 is 2.48 bits per heavy atom. The van der Waals surface area contributed by atoms with Gasteiger partial charge in [0.15, 0.2) is 0 Å². The monoisotopic (exact) mass is 436 g/mol. The van der Waals surface area contributed by atoms with Gasteiger partial charge in [0, 0.05) is 24.0 Å². The molecule has 0 bridgehead atoms. The topological polar surface area (TPSA) is 58.6 Å². The number of benzene rings is 4. The highest BCUT2D eigenvalue weighted by molar-refractivity contribution is 6.08. The molecule has 0 unspecified atom stereocenters. The molecule has 0 aromatic heterocycles. The second-order valence-corrected chi connectivity index (χ2v) is 8.34. The third kappa shape index (κ3) is 4.44. The number of nitrogens with zero attached hydrogens (tertiary/aromatic N) is 1. The number of anilines is 2. The molecule has 0 radical (unpaired) electrons. The van der Waals surface area contributed by atoms with Gasteiger partial charge in [0.1, 0.15) is 11.5 Å². The van der Waals surface area contributed by atoms with E-state index in [0.717, 1.165) is 27.8 Å². The van der Waals surface area contributed by atoms with Crippen molar-refractivity contribution in [2.45, 2.75) is 13.3 Å². The van der Waals surface area contributed by atoms with Gasteiger partial charge in [0.2, 0.25) is 11.8 Å². The molecule has 1 saturated heterocycles. The van der Waals surface area contributed by atoms with E-state index >= 15 is 0 Å². The zero-order chi connectivity index (χ0) is 22.8. The number of amides is 2. The molecule has 1 aliphatic rings. The minimum Gasteiger partial charge on any atom is -0.457 e. The molecule has 5 heteroatoms. The third-order valence-electron chi connectivity index (χ3n) is 5.90. The zero-order valence-corrected chi connectivity index (χ0v) is 18.3. The maximum Gasteiger partial charge on any atom is 0.229 e. The van der Waals surface area contributed by atoms with Gasteiger partial charge < -0.3 is 15.0 Å². The molecule has 4 aromatic carbocycles. The molecule has 1 atom stereocenters. The van der Waals surface area contributed by atoms with Gasteiger partial charge in [-0.15, -0.1) is 0 Å². The summed E-state index contributed by atoms with van der Waals surface area (Å²) < 4.78 is 5.87. The van der Waals surface area contributed by atoms with Crippen LogP contribution in [0.1, 0.15) is 12.0 Å². The molecule has 5 nitrogen and oxygen atoms in total. The molecule has 2 amide bonds. The molecular formula is C28H24N2O3. The van der Waals surface area contributed by atoms with Gasteiger partial charge in [0.25, 0.3) is 0 Å². The number of fused-ring (bicyclic) bond motifs is 1. The van der Waals surface area contributed by atoms with Crippen LogP contribution in [0.2, 0.25) is 0 Å². The Kier molecular flexibility index (Phi) is 5.53. The Labute approximate surface area is 192 Å². The van der Waals surface area contributed by atoms with Crippen LogP contribution in [0.3, 0.4) is 0 Å². The molecule has 4 aromatic rings. The zero-order valence-electron chi connectivity index (χ0n) is 18.3. The van der Waals surface area contributed by atoms with E-state index in [4.69, 9.17) is 4.74 Å². The normalized spacial score (nSPS) is 15.6. The first-order valence-corrected chi connectivity index (χ1v) is 11.0. The Balaban J connectivity index is 1.25. The van der Waals surface area contributed by atoms with Crippen LogP contribution in [-0.4, -0.2) is 18.4 Å². The molecule has 0 saturated carbocycles. The lowest BCUT2D eigenvalue weighted by atomic mass is 10.1. The summed E-state index contributed by atoms with van der Waals surface area (Å²) in [7, 11) is 0. The van der Waals surface area contributed by atoms with Crippen molar-refractivity contribution in [3.63, 3.8) is 0 Å². The summed E-state index contributed by atoms with van der Waals surface area (Å²) in [5.41, 5.74) is 2.65. The van der Waals surface area contributed by atoms with Crippen LogP contribution >= 0.6 is 0 Å². The predicted octanol–water partition coefficient (Wildman–Crippen LogP) is 5.93. The molecule has 0 aliphatic carbocycles. The summed E-state index contributed by atoms with van der Waals surface area (Å²) in [6.07, 6.45) is 0.198. The molecule has 1 N–H and O–H groups in total. The van der Waals surface area contributed by atoms with Gasteiger partial charge in [-0.05, 0) is 60.3 Å². The molecular weight excluding hydrogens is 412 g/mol. The smallest absolute Gasteiger partial charge is 0.229 e. The van der Waals surface area contributed by atoms with Crippen molar-refractivity contribution in [1.29, 1.82) is 0 Å². The SMILES string of the molecule is Cc1cccc(Oc2ccc(NC(=O)[C@@H]3CC(=O)N(c4cccc5ccccc45)C3)cc2)c1. The van der Waals surface area contributed by atoms with Crippen molar-refractivity contribution in [2.75, 3.05) is 16.8 Å². The molecule has 1 heterocycles. The fraction of sp³-hybridized carbons (Fsp3) is 0.143. The Morgan fingerprint density at radius 1 is 0.909 bits per heavy atom. The van der Waals surface area contributed by atoms with E-state index in [1.807, 2.05) is 97.9 Å². The maximum absolute atomic E-state index is 12.9. The van der Waals surface area contributed by atoms with E-state index in [0.29, 0.717) is 18.0 Å². The van der Waals surface area contributed by atoms with E-state index in [2.05, 4.69) is 5.32 Å². The van der Waals surface area contributed by atoms with Gasteiger partial charge in [-0.2, -0.15) is 0 Å². The highest BCUT2D eigenvalue weighted by atomic mass is 16.5. The Hall–Kier alpha value is -4.12.